The molecule has 0 aliphatic heterocycles. The number of nitrogens with zero attached hydrogens (tertiary/aromatic N) is 1. The molecular formula is C28H28N2O. The Balaban J connectivity index is 1.56. The van der Waals surface area contributed by atoms with Crippen LogP contribution < -0.4 is 5.56 Å². The van der Waals surface area contributed by atoms with Crippen molar-refractivity contribution in [3.63, 3.8) is 0 Å². The molecule has 2 bridgehead atoms. The minimum atomic E-state index is -0.433. The number of hydrogen-bond acceptors (Lipinski definition) is 2. The highest BCUT2D eigenvalue weighted by Gasteiger charge is 2.46. The number of allylic oxidation sites excluding steroid dienone is 7. The molecule has 0 saturated heterocycles. The van der Waals surface area contributed by atoms with Crippen molar-refractivity contribution in [1.29, 1.82) is 0 Å². The summed E-state index contributed by atoms with van der Waals surface area (Å²) in [5, 5.41) is 0. The number of fused-ring (bicyclic) bond motifs is 4. The van der Waals surface area contributed by atoms with Crippen LogP contribution in [0.15, 0.2) is 106 Å². The molecule has 1 heterocycles. The minimum Gasteiger partial charge on any atom is -0.326 e. The summed E-state index contributed by atoms with van der Waals surface area (Å²) in [6, 6.07) is 13.8. The van der Waals surface area contributed by atoms with Crippen LogP contribution in [0.1, 0.15) is 37.1 Å². The molecule has 31 heavy (non-hydrogen) atoms. The molecule has 0 spiro atoms. The van der Waals surface area contributed by atoms with Crippen LogP contribution in [0.3, 0.4) is 0 Å². The zero-order valence-electron chi connectivity index (χ0n) is 18.1. The molecular weight excluding hydrogens is 380 g/mol. The first kappa shape index (κ1) is 20.8. The van der Waals surface area contributed by atoms with Crippen molar-refractivity contribution in [2.45, 2.75) is 32.2 Å². The number of H-pyrrole nitrogens is 1. The number of aromatic nitrogens is 1. The molecule has 2 aliphatic rings. The second-order valence-electron chi connectivity index (χ2n) is 8.14. The minimum absolute atomic E-state index is 0.0471. The van der Waals surface area contributed by atoms with Crippen molar-refractivity contribution in [3.8, 4) is 0 Å². The van der Waals surface area contributed by atoms with Crippen LogP contribution in [0, 0.1) is 5.92 Å². The summed E-state index contributed by atoms with van der Waals surface area (Å²) < 4.78 is 0. The Kier molecular flexibility index (Phi) is 6.13. The fourth-order valence-corrected chi connectivity index (χ4v) is 4.80. The van der Waals surface area contributed by atoms with Crippen molar-refractivity contribution in [1.82, 2.24) is 4.98 Å². The number of aliphatic imine (C=N–C) groups is 1. The van der Waals surface area contributed by atoms with Gasteiger partial charge in [-0.1, -0.05) is 78.4 Å². The third-order valence-corrected chi connectivity index (χ3v) is 5.99. The van der Waals surface area contributed by atoms with Crippen molar-refractivity contribution in [2.75, 3.05) is 0 Å². The predicted octanol–water partition coefficient (Wildman–Crippen LogP) is 5.94. The second-order valence-corrected chi connectivity index (χ2v) is 8.14. The third-order valence-electron chi connectivity index (χ3n) is 5.99. The predicted molar refractivity (Wildman–Crippen MR) is 130 cm³/mol. The van der Waals surface area contributed by atoms with Gasteiger partial charge in [-0.3, -0.25) is 9.79 Å². The van der Waals surface area contributed by atoms with E-state index in [0.717, 1.165) is 24.1 Å². The molecule has 1 N–H and O–H groups in total. The van der Waals surface area contributed by atoms with Crippen LogP contribution >= 0.6 is 0 Å². The van der Waals surface area contributed by atoms with Gasteiger partial charge in [0, 0.05) is 35.9 Å². The highest BCUT2D eigenvalue weighted by molar-refractivity contribution is 5.73. The maximum Gasteiger partial charge on any atom is 0.248 e. The zero-order valence-corrected chi connectivity index (χ0v) is 18.1. The second kappa shape index (κ2) is 9.13. The van der Waals surface area contributed by atoms with E-state index in [1.54, 1.807) is 6.07 Å². The molecule has 4 rings (SSSR count). The number of benzene rings is 1. The van der Waals surface area contributed by atoms with Crippen LogP contribution in [0.5, 0.6) is 0 Å². The Morgan fingerprint density at radius 3 is 2.61 bits per heavy atom. The van der Waals surface area contributed by atoms with Gasteiger partial charge in [0.2, 0.25) is 5.56 Å². The van der Waals surface area contributed by atoms with Gasteiger partial charge in [-0.15, -0.1) is 0 Å². The first-order valence-electron chi connectivity index (χ1n) is 10.8. The number of nitrogens with one attached hydrogen (secondary N) is 1. The number of aromatic amines is 1. The fraction of sp³-hybridized carbons (Fsp3) is 0.214. The summed E-state index contributed by atoms with van der Waals surface area (Å²) in [7, 11) is 0. The molecule has 2 aliphatic carbocycles. The third kappa shape index (κ3) is 4.36. The molecule has 1 aromatic heterocycles. The molecule has 2 aromatic rings. The van der Waals surface area contributed by atoms with Crippen molar-refractivity contribution >= 4 is 12.3 Å². The zero-order chi connectivity index (χ0) is 21.7. The largest absolute Gasteiger partial charge is 0.326 e. The number of hydrogen-bond donors (Lipinski definition) is 1. The summed E-state index contributed by atoms with van der Waals surface area (Å²) >= 11 is 0. The van der Waals surface area contributed by atoms with Crippen LogP contribution in [0.4, 0.5) is 0 Å². The average molecular weight is 409 g/mol. The van der Waals surface area contributed by atoms with Gasteiger partial charge in [0.25, 0.3) is 0 Å². The van der Waals surface area contributed by atoms with E-state index in [1.807, 2.05) is 60.9 Å². The first-order valence-corrected chi connectivity index (χ1v) is 10.8. The van der Waals surface area contributed by atoms with E-state index in [9.17, 15) is 4.79 Å². The summed E-state index contributed by atoms with van der Waals surface area (Å²) in [6.45, 7) is 4.27. The fourth-order valence-electron chi connectivity index (χ4n) is 4.80. The van der Waals surface area contributed by atoms with Crippen LogP contribution in [0.25, 0.3) is 6.08 Å². The van der Waals surface area contributed by atoms with Crippen LogP contribution in [0.2, 0.25) is 0 Å². The van der Waals surface area contributed by atoms with E-state index >= 15 is 0 Å². The lowest BCUT2D eigenvalue weighted by Crippen LogP contribution is -2.40. The lowest BCUT2D eigenvalue weighted by Gasteiger charge is -2.45. The Bertz CT molecular complexity index is 1170. The van der Waals surface area contributed by atoms with Crippen LogP contribution in [-0.2, 0) is 12.0 Å². The van der Waals surface area contributed by atoms with E-state index in [1.165, 1.54) is 16.7 Å². The van der Waals surface area contributed by atoms with Gasteiger partial charge < -0.3 is 4.98 Å². The molecule has 0 amide bonds. The molecule has 156 valence electrons. The molecule has 0 radical (unpaired) electrons. The van der Waals surface area contributed by atoms with E-state index in [-0.39, 0.29) is 11.5 Å². The van der Waals surface area contributed by atoms with E-state index in [4.69, 9.17) is 4.99 Å². The van der Waals surface area contributed by atoms with Gasteiger partial charge in [0.1, 0.15) is 5.54 Å². The highest BCUT2D eigenvalue weighted by Crippen LogP contribution is 2.51. The maximum absolute atomic E-state index is 11.9. The van der Waals surface area contributed by atoms with Gasteiger partial charge in [-0.2, -0.15) is 0 Å². The molecule has 1 aromatic carbocycles. The Labute approximate surface area is 184 Å². The van der Waals surface area contributed by atoms with E-state index in [0.29, 0.717) is 0 Å². The monoisotopic (exact) mass is 408 g/mol. The molecule has 0 saturated carbocycles. The first-order chi connectivity index (χ1) is 15.1. The standard InChI is InChI=1S/C28H28N2O/c1-3-24-23-18-21(2)20-28(24,25-15-16-27(31)30-26(25)19-23)29-17-11-6-4-5-8-12-22-13-9-7-10-14-22/h3-18,23H,19-20H2,1-2H3,(H,30,31). The Morgan fingerprint density at radius 2 is 1.81 bits per heavy atom. The van der Waals surface area contributed by atoms with Crippen LogP contribution in [-0.4, -0.2) is 11.2 Å². The highest BCUT2D eigenvalue weighted by atomic mass is 16.1. The topological polar surface area (TPSA) is 45.2 Å². The number of pyridine rings is 1. The van der Waals surface area contributed by atoms with Gasteiger partial charge in [-0.25, -0.2) is 0 Å². The van der Waals surface area contributed by atoms with E-state index < -0.39 is 5.54 Å². The van der Waals surface area contributed by atoms with Gasteiger partial charge in [-0.05, 0) is 43.5 Å². The Morgan fingerprint density at radius 1 is 1.03 bits per heavy atom. The molecule has 2 unspecified atom stereocenters. The average Bonchev–Trinajstić information content (AvgIpc) is 2.75. The smallest absolute Gasteiger partial charge is 0.248 e. The van der Waals surface area contributed by atoms with E-state index in [2.05, 4.69) is 49.2 Å². The van der Waals surface area contributed by atoms with Gasteiger partial charge in [0.15, 0.2) is 0 Å². The molecule has 0 fully saturated rings. The summed E-state index contributed by atoms with van der Waals surface area (Å²) in [5.41, 5.74) is 5.50. The summed E-state index contributed by atoms with van der Waals surface area (Å²) in [6.07, 6.45) is 20.2. The normalized spacial score (nSPS) is 24.5. The lowest BCUT2D eigenvalue weighted by molar-refractivity contribution is 0.413. The Hall–Kier alpha value is -3.46. The molecule has 2 atom stereocenters. The maximum atomic E-state index is 11.9. The molecule has 3 nitrogen and oxygen atoms in total. The number of rotatable bonds is 5. The van der Waals surface area contributed by atoms with Crippen molar-refractivity contribution < 1.29 is 0 Å². The quantitative estimate of drug-likeness (QED) is 0.372. The lowest BCUT2D eigenvalue weighted by atomic mass is 9.63. The van der Waals surface area contributed by atoms with Crippen molar-refractivity contribution in [3.05, 3.63) is 123 Å². The van der Waals surface area contributed by atoms with Gasteiger partial charge >= 0.3 is 0 Å². The molecule has 3 heteroatoms. The summed E-state index contributed by atoms with van der Waals surface area (Å²) in [4.78, 5) is 20.0. The summed E-state index contributed by atoms with van der Waals surface area (Å²) in [5.74, 6) is 0.286. The van der Waals surface area contributed by atoms with Crippen molar-refractivity contribution in [2.24, 2.45) is 10.9 Å². The SMILES string of the molecule is CC=C1C2C=C(C)CC1(N=CC=CC=CC=Cc1ccccc1)c1ccc(=O)[nH]c1C2. The van der Waals surface area contributed by atoms with Gasteiger partial charge in [0.05, 0.1) is 0 Å².